The first kappa shape index (κ1) is 16.0. The van der Waals surface area contributed by atoms with Gasteiger partial charge in [-0.3, -0.25) is 9.59 Å². The van der Waals surface area contributed by atoms with E-state index in [1.165, 1.54) is 11.8 Å². The molecule has 0 bridgehead atoms. The molecule has 20 heavy (non-hydrogen) atoms. The Labute approximate surface area is 145 Å². The van der Waals surface area contributed by atoms with Crippen molar-refractivity contribution in [3.63, 3.8) is 0 Å². The number of thioether (sulfide) groups is 1. The summed E-state index contributed by atoms with van der Waals surface area (Å²) >= 11 is 10.7. The summed E-state index contributed by atoms with van der Waals surface area (Å²) in [6.07, 6.45) is 0. The van der Waals surface area contributed by atoms with Crippen LogP contribution in [0.2, 0.25) is 0 Å². The zero-order chi connectivity index (χ0) is 14.9. The van der Waals surface area contributed by atoms with Gasteiger partial charge in [-0.05, 0) is 72.1 Å². The fourth-order valence-corrected chi connectivity index (χ4v) is 4.11. The average molecular weight is 483 g/mol. The number of carbonyl (C=O) groups is 2. The third-order valence-corrected chi connectivity index (χ3v) is 6.64. The molecular weight excluding hydrogens is 476 g/mol. The van der Waals surface area contributed by atoms with Crippen molar-refractivity contribution in [1.29, 1.82) is 0 Å². The van der Waals surface area contributed by atoms with Crippen LogP contribution in [0.4, 0.5) is 0 Å². The minimum Gasteiger partial charge on any atom is -0.497 e. The Hall–Kier alpha value is -0.370. The van der Waals surface area contributed by atoms with Crippen LogP contribution < -0.4 is 4.74 Å². The molecule has 0 atom stereocenters. The van der Waals surface area contributed by atoms with Crippen molar-refractivity contribution < 1.29 is 14.3 Å². The van der Waals surface area contributed by atoms with E-state index in [2.05, 4.69) is 47.8 Å². The molecule has 1 aliphatic rings. The molecule has 0 aliphatic heterocycles. The Kier molecular flexibility index (Phi) is 5.28. The molecule has 0 amide bonds. The summed E-state index contributed by atoms with van der Waals surface area (Å²) in [5, 5.41) is 0. The number of benzene rings is 1. The summed E-state index contributed by atoms with van der Waals surface area (Å²) in [5.74, 6) is 0.244. The number of rotatable bonds is 3. The third kappa shape index (κ3) is 3.10. The van der Waals surface area contributed by atoms with Crippen LogP contribution in [0.25, 0.3) is 0 Å². The second-order valence-electron chi connectivity index (χ2n) is 3.71. The Balaban J connectivity index is 2.32. The molecule has 0 N–H and O–H groups in total. The van der Waals surface area contributed by atoms with Crippen LogP contribution in [0.1, 0.15) is 0 Å². The van der Waals surface area contributed by atoms with Crippen molar-refractivity contribution in [1.82, 2.24) is 0 Å². The molecule has 0 aromatic heterocycles. The Morgan fingerprint density at radius 2 is 1.45 bits per heavy atom. The van der Waals surface area contributed by atoms with Gasteiger partial charge in [-0.25, -0.2) is 0 Å². The summed E-state index contributed by atoms with van der Waals surface area (Å²) in [6, 6.07) is 7.26. The highest BCUT2D eigenvalue weighted by Gasteiger charge is 2.31. The van der Waals surface area contributed by atoms with Crippen LogP contribution in [0.3, 0.4) is 0 Å². The second kappa shape index (κ2) is 6.60. The highest BCUT2D eigenvalue weighted by molar-refractivity contribution is 9.15. The molecule has 1 aromatic rings. The van der Waals surface area contributed by atoms with Gasteiger partial charge >= 0.3 is 0 Å². The van der Waals surface area contributed by atoms with Gasteiger partial charge in [0.25, 0.3) is 0 Å². The Bertz CT molecular complexity index is 647. The van der Waals surface area contributed by atoms with Gasteiger partial charge in [0.1, 0.15) is 5.75 Å². The maximum Gasteiger partial charge on any atom is 0.209 e. The van der Waals surface area contributed by atoms with Crippen LogP contribution in [0.15, 0.2) is 47.5 Å². The van der Waals surface area contributed by atoms with E-state index in [0.717, 1.165) is 10.6 Å². The van der Waals surface area contributed by atoms with E-state index in [-0.39, 0.29) is 25.0 Å². The molecule has 0 spiro atoms. The summed E-state index contributed by atoms with van der Waals surface area (Å²) in [4.78, 5) is 25.4. The number of hydrogen-bond donors (Lipinski definition) is 0. The van der Waals surface area contributed by atoms with Crippen LogP contribution in [0, 0.1) is 0 Å². The molecule has 1 aromatic carbocycles. The topological polar surface area (TPSA) is 43.4 Å². The predicted molar refractivity (Wildman–Crippen MR) is 89.7 cm³/mol. The van der Waals surface area contributed by atoms with Gasteiger partial charge in [-0.15, -0.1) is 0 Å². The van der Waals surface area contributed by atoms with Crippen molar-refractivity contribution >= 4 is 71.1 Å². The molecule has 7 heteroatoms. The number of allylic oxidation sites excluding steroid dienone is 4. The standard InChI is InChI=1S/C13H7Br3O3S/c1-19-6-2-4-7(5-3-6)20-13-10(16)11(17)8(14)9(15)12(13)18/h2-5H,1H3. The highest BCUT2D eigenvalue weighted by Crippen LogP contribution is 2.41. The fraction of sp³-hybridized carbons (Fsp3) is 0.0769. The van der Waals surface area contributed by atoms with Crippen molar-refractivity contribution in [2.24, 2.45) is 0 Å². The fourth-order valence-electron chi connectivity index (χ4n) is 1.45. The number of ketones is 2. The van der Waals surface area contributed by atoms with Crippen LogP contribution in [-0.2, 0) is 9.59 Å². The van der Waals surface area contributed by atoms with Gasteiger partial charge in [-0.1, -0.05) is 11.8 Å². The molecular formula is C13H7Br3O3S. The Morgan fingerprint density at radius 3 is 2.00 bits per heavy atom. The lowest BCUT2D eigenvalue weighted by molar-refractivity contribution is -0.114. The smallest absolute Gasteiger partial charge is 0.209 e. The number of hydrogen-bond acceptors (Lipinski definition) is 4. The van der Waals surface area contributed by atoms with E-state index in [1.807, 2.05) is 12.1 Å². The number of halogens is 3. The molecule has 0 radical (unpaired) electrons. The lowest BCUT2D eigenvalue weighted by Crippen LogP contribution is -2.15. The molecule has 0 unspecified atom stereocenters. The molecule has 0 saturated heterocycles. The number of ether oxygens (including phenoxy) is 1. The maximum atomic E-state index is 12.2. The second-order valence-corrected chi connectivity index (χ2v) is 7.17. The summed E-state index contributed by atoms with van der Waals surface area (Å²) in [7, 11) is 1.59. The first-order valence-electron chi connectivity index (χ1n) is 5.32. The summed E-state index contributed by atoms with van der Waals surface area (Å²) in [6.45, 7) is 0. The van der Waals surface area contributed by atoms with Crippen molar-refractivity contribution in [3.05, 3.63) is 42.6 Å². The molecule has 0 heterocycles. The third-order valence-electron chi connectivity index (χ3n) is 2.48. The van der Waals surface area contributed by atoms with E-state index in [1.54, 1.807) is 19.2 Å². The predicted octanol–water partition coefficient (Wildman–Crippen LogP) is 4.55. The average Bonchev–Trinajstić information content (AvgIpc) is 2.48. The van der Waals surface area contributed by atoms with Crippen molar-refractivity contribution in [2.45, 2.75) is 4.90 Å². The van der Waals surface area contributed by atoms with E-state index in [4.69, 9.17) is 4.74 Å². The summed E-state index contributed by atoms with van der Waals surface area (Å²) < 4.78 is 5.81. The molecule has 0 fully saturated rings. The van der Waals surface area contributed by atoms with E-state index in [9.17, 15) is 9.59 Å². The molecule has 3 nitrogen and oxygen atoms in total. The first-order chi connectivity index (χ1) is 9.45. The number of Topliss-reactive ketones (excluding diaryl/α,β-unsaturated/α-hetero) is 2. The van der Waals surface area contributed by atoms with Crippen molar-refractivity contribution in [2.75, 3.05) is 7.11 Å². The van der Waals surface area contributed by atoms with Gasteiger partial charge in [0, 0.05) is 4.90 Å². The summed E-state index contributed by atoms with van der Waals surface area (Å²) in [5.41, 5.74) is 0. The van der Waals surface area contributed by atoms with Gasteiger partial charge in [-0.2, -0.15) is 0 Å². The minimum absolute atomic E-state index is 0.230. The molecule has 2 rings (SSSR count). The van der Waals surface area contributed by atoms with Gasteiger partial charge in [0.05, 0.1) is 25.5 Å². The van der Waals surface area contributed by atoms with E-state index < -0.39 is 0 Å². The first-order valence-corrected chi connectivity index (χ1v) is 8.51. The zero-order valence-electron chi connectivity index (χ0n) is 10.1. The number of methoxy groups -OCH3 is 1. The molecule has 0 saturated carbocycles. The van der Waals surface area contributed by atoms with Crippen LogP contribution in [0.5, 0.6) is 5.75 Å². The maximum absolute atomic E-state index is 12.2. The lowest BCUT2D eigenvalue weighted by atomic mass is 10.2. The normalized spacial score (nSPS) is 16.0. The van der Waals surface area contributed by atoms with E-state index >= 15 is 0 Å². The van der Waals surface area contributed by atoms with Gasteiger partial charge in [0.15, 0.2) is 0 Å². The van der Waals surface area contributed by atoms with Gasteiger partial charge in [0.2, 0.25) is 11.6 Å². The number of carbonyl (C=O) groups excluding carboxylic acids is 2. The van der Waals surface area contributed by atoms with Crippen LogP contribution in [-0.4, -0.2) is 18.7 Å². The quantitative estimate of drug-likeness (QED) is 0.593. The molecule has 1 aliphatic carbocycles. The molecule has 104 valence electrons. The minimum atomic E-state index is -0.257. The highest BCUT2D eigenvalue weighted by atomic mass is 79.9. The van der Waals surface area contributed by atoms with E-state index in [0.29, 0.717) is 4.91 Å². The zero-order valence-corrected chi connectivity index (χ0v) is 15.7. The lowest BCUT2D eigenvalue weighted by Gasteiger charge is -2.15. The monoisotopic (exact) mass is 480 g/mol. The SMILES string of the molecule is COc1ccc(SC2=C(Br)C(=O)C(Br)=C(Br)C2=O)cc1. The Morgan fingerprint density at radius 1 is 0.900 bits per heavy atom. The van der Waals surface area contributed by atoms with Crippen LogP contribution >= 0.6 is 59.6 Å². The largest absolute Gasteiger partial charge is 0.497 e. The van der Waals surface area contributed by atoms with Crippen molar-refractivity contribution in [3.8, 4) is 5.75 Å². The van der Waals surface area contributed by atoms with Gasteiger partial charge < -0.3 is 4.74 Å².